The average molecular weight is 444 g/mol. The molecule has 0 aromatic heterocycles. The monoisotopic (exact) mass is 443 g/mol. The number of halogens is 3. The summed E-state index contributed by atoms with van der Waals surface area (Å²) in [4.78, 5) is 23.8. The lowest BCUT2D eigenvalue weighted by Crippen LogP contribution is -2.30. The number of hydrogen-bond acceptors (Lipinski definition) is 5. The molecule has 9 heteroatoms. The summed E-state index contributed by atoms with van der Waals surface area (Å²) >= 11 is 2.95. The minimum absolute atomic E-state index is 0.0240. The Kier molecular flexibility index (Phi) is 7.12. The summed E-state index contributed by atoms with van der Waals surface area (Å²) in [5.41, 5.74) is -0.250. The number of anilines is 1. The molecular weight excluding hydrogens is 428 g/mol. The zero-order valence-electron chi connectivity index (χ0n) is 14.4. The number of nitrogens with one attached hydrogen (secondary N) is 1. The van der Waals surface area contributed by atoms with Crippen LogP contribution in [0.25, 0.3) is 0 Å². The summed E-state index contributed by atoms with van der Waals surface area (Å²) in [6.45, 7) is 0.805. The van der Waals surface area contributed by atoms with Crippen LogP contribution in [0.4, 0.5) is 14.5 Å². The van der Waals surface area contributed by atoms with Gasteiger partial charge in [-0.3, -0.25) is 4.79 Å². The van der Waals surface area contributed by atoms with Gasteiger partial charge >= 0.3 is 5.97 Å². The van der Waals surface area contributed by atoms with Crippen LogP contribution in [0.1, 0.15) is 6.92 Å². The predicted octanol–water partition coefficient (Wildman–Crippen LogP) is 3.69. The first kappa shape index (κ1) is 20.6. The van der Waals surface area contributed by atoms with Gasteiger partial charge in [0.1, 0.15) is 17.3 Å². The quantitative estimate of drug-likeness (QED) is 0.660. The van der Waals surface area contributed by atoms with Crippen LogP contribution >= 0.6 is 15.9 Å². The maximum atomic E-state index is 13.7. The molecule has 0 aliphatic heterocycles. The number of methoxy groups -OCH3 is 1. The molecule has 1 amide bonds. The number of benzene rings is 2. The van der Waals surface area contributed by atoms with Gasteiger partial charge in [-0.15, -0.1) is 0 Å². The molecule has 0 saturated heterocycles. The highest BCUT2D eigenvalue weighted by atomic mass is 79.9. The largest absolute Gasteiger partial charge is 0.497 e. The third kappa shape index (κ3) is 5.92. The molecule has 0 aliphatic carbocycles. The fraction of sp³-hybridized carbons (Fsp3) is 0.222. The van der Waals surface area contributed by atoms with Crippen molar-refractivity contribution < 1.29 is 32.6 Å². The third-order valence-electron chi connectivity index (χ3n) is 3.32. The minimum Gasteiger partial charge on any atom is -0.497 e. The Hall–Kier alpha value is -2.68. The summed E-state index contributed by atoms with van der Waals surface area (Å²) in [6, 6.07) is 8.17. The number of hydrogen-bond donors (Lipinski definition) is 1. The van der Waals surface area contributed by atoms with Crippen LogP contribution in [-0.2, 0) is 14.3 Å². The van der Waals surface area contributed by atoms with E-state index in [0.717, 1.165) is 6.07 Å². The van der Waals surface area contributed by atoms with E-state index in [1.54, 1.807) is 24.3 Å². The van der Waals surface area contributed by atoms with Gasteiger partial charge in [0.25, 0.3) is 5.91 Å². The normalized spacial score (nSPS) is 11.4. The predicted molar refractivity (Wildman–Crippen MR) is 96.7 cm³/mol. The van der Waals surface area contributed by atoms with E-state index in [-0.39, 0.29) is 10.2 Å². The first-order chi connectivity index (χ1) is 12.8. The summed E-state index contributed by atoms with van der Waals surface area (Å²) in [7, 11) is 1.53. The van der Waals surface area contributed by atoms with E-state index in [4.69, 9.17) is 14.2 Å². The van der Waals surface area contributed by atoms with Crippen LogP contribution in [0.15, 0.2) is 40.9 Å². The molecule has 144 valence electrons. The van der Waals surface area contributed by atoms with Crippen molar-refractivity contribution in [3.8, 4) is 11.5 Å². The highest BCUT2D eigenvalue weighted by molar-refractivity contribution is 9.10. The number of esters is 1. The third-order valence-corrected chi connectivity index (χ3v) is 3.95. The Labute approximate surface area is 162 Å². The molecule has 0 spiro atoms. The van der Waals surface area contributed by atoms with Crippen LogP contribution in [-0.4, -0.2) is 31.7 Å². The number of carbonyl (C=O) groups excluding carboxylic acids is 2. The van der Waals surface area contributed by atoms with Crippen molar-refractivity contribution in [2.75, 3.05) is 19.0 Å². The van der Waals surface area contributed by atoms with Gasteiger partial charge in [-0.1, -0.05) is 0 Å². The van der Waals surface area contributed by atoms with Gasteiger partial charge in [-0.25, -0.2) is 13.6 Å². The van der Waals surface area contributed by atoms with Crippen molar-refractivity contribution in [2.45, 2.75) is 13.0 Å². The second-order valence-corrected chi connectivity index (χ2v) is 6.19. The van der Waals surface area contributed by atoms with Crippen molar-refractivity contribution in [3.63, 3.8) is 0 Å². The summed E-state index contributed by atoms with van der Waals surface area (Å²) in [5, 5.41) is 2.20. The lowest BCUT2D eigenvalue weighted by atomic mass is 10.3. The Morgan fingerprint density at radius 1 is 1.15 bits per heavy atom. The van der Waals surface area contributed by atoms with Crippen molar-refractivity contribution in [3.05, 3.63) is 52.5 Å². The van der Waals surface area contributed by atoms with Crippen LogP contribution in [0.5, 0.6) is 11.5 Å². The summed E-state index contributed by atoms with van der Waals surface area (Å²) in [6.07, 6.45) is -0.972. The first-order valence-electron chi connectivity index (χ1n) is 7.72. The van der Waals surface area contributed by atoms with E-state index in [0.29, 0.717) is 17.6 Å². The molecule has 2 aromatic rings. The van der Waals surface area contributed by atoms with Crippen LogP contribution < -0.4 is 14.8 Å². The highest BCUT2D eigenvalue weighted by Gasteiger charge is 2.19. The zero-order valence-corrected chi connectivity index (χ0v) is 16.0. The molecule has 0 bridgehead atoms. The molecule has 2 rings (SSSR count). The summed E-state index contributed by atoms with van der Waals surface area (Å²) < 4.78 is 42.0. The molecule has 2 aromatic carbocycles. The Morgan fingerprint density at radius 2 is 1.78 bits per heavy atom. The Balaban J connectivity index is 1.86. The van der Waals surface area contributed by atoms with E-state index in [1.165, 1.54) is 14.0 Å². The second kappa shape index (κ2) is 9.31. The molecule has 0 aliphatic rings. The van der Waals surface area contributed by atoms with Crippen LogP contribution in [0, 0.1) is 11.6 Å². The topological polar surface area (TPSA) is 73.9 Å². The number of carbonyl (C=O) groups is 2. The van der Waals surface area contributed by atoms with Gasteiger partial charge in [0, 0.05) is 10.5 Å². The standard InChI is InChI=1S/C18H16BrF2NO5/c1-10(27-13-5-3-12(25-2)4-6-13)18(24)26-9-16(23)22-17-14(19)7-11(20)8-15(17)21/h3-8,10H,9H2,1-2H3,(H,22,23). The summed E-state index contributed by atoms with van der Waals surface area (Å²) in [5.74, 6) is -2.27. The Morgan fingerprint density at radius 3 is 2.37 bits per heavy atom. The molecule has 1 atom stereocenters. The fourth-order valence-corrected chi connectivity index (χ4v) is 2.50. The fourth-order valence-electron chi connectivity index (χ4n) is 2.00. The number of ether oxygens (including phenoxy) is 3. The van der Waals surface area contributed by atoms with Crippen LogP contribution in [0.3, 0.4) is 0 Å². The zero-order chi connectivity index (χ0) is 20.0. The smallest absolute Gasteiger partial charge is 0.347 e. The van der Waals surface area contributed by atoms with Gasteiger partial charge in [-0.05, 0) is 53.2 Å². The van der Waals surface area contributed by atoms with Crippen molar-refractivity contribution >= 4 is 33.5 Å². The number of amides is 1. The molecule has 1 unspecified atom stereocenters. The van der Waals surface area contributed by atoms with Gasteiger partial charge < -0.3 is 19.5 Å². The second-order valence-electron chi connectivity index (χ2n) is 5.34. The van der Waals surface area contributed by atoms with Crippen molar-refractivity contribution in [1.29, 1.82) is 0 Å². The van der Waals surface area contributed by atoms with E-state index >= 15 is 0 Å². The van der Waals surface area contributed by atoms with Gasteiger partial charge in [0.2, 0.25) is 0 Å². The molecule has 27 heavy (non-hydrogen) atoms. The molecule has 0 saturated carbocycles. The van der Waals surface area contributed by atoms with E-state index in [2.05, 4.69) is 21.2 Å². The maximum absolute atomic E-state index is 13.7. The van der Waals surface area contributed by atoms with Gasteiger partial charge in [0.15, 0.2) is 18.5 Å². The molecule has 0 radical (unpaired) electrons. The van der Waals surface area contributed by atoms with Crippen molar-refractivity contribution in [1.82, 2.24) is 0 Å². The van der Waals surface area contributed by atoms with Gasteiger partial charge in [0.05, 0.1) is 12.8 Å². The van der Waals surface area contributed by atoms with E-state index in [9.17, 15) is 18.4 Å². The maximum Gasteiger partial charge on any atom is 0.347 e. The average Bonchev–Trinajstić information content (AvgIpc) is 2.63. The van der Waals surface area contributed by atoms with Gasteiger partial charge in [-0.2, -0.15) is 0 Å². The molecule has 1 N–H and O–H groups in total. The lowest BCUT2D eigenvalue weighted by molar-refractivity contribution is -0.153. The van der Waals surface area contributed by atoms with Crippen LogP contribution in [0.2, 0.25) is 0 Å². The molecule has 0 heterocycles. The van der Waals surface area contributed by atoms with E-state index in [1.807, 2.05) is 0 Å². The Bertz CT molecular complexity index is 806. The van der Waals surface area contributed by atoms with E-state index < -0.39 is 36.2 Å². The van der Waals surface area contributed by atoms with Crippen molar-refractivity contribution in [2.24, 2.45) is 0 Å². The molecule has 0 fully saturated rings. The number of rotatable bonds is 7. The highest BCUT2D eigenvalue weighted by Crippen LogP contribution is 2.26. The lowest BCUT2D eigenvalue weighted by Gasteiger charge is -2.14. The first-order valence-corrected chi connectivity index (χ1v) is 8.51. The molecule has 6 nitrogen and oxygen atoms in total. The molecular formula is C18H16BrF2NO5. The minimum atomic E-state index is -0.972. The SMILES string of the molecule is COc1ccc(OC(C)C(=O)OCC(=O)Nc2c(F)cc(F)cc2Br)cc1.